The second-order valence-corrected chi connectivity index (χ2v) is 5.14. The number of benzene rings is 1. The number of hydrogen-bond acceptors (Lipinski definition) is 3. The molecule has 22 heavy (non-hydrogen) atoms. The van der Waals surface area contributed by atoms with Crippen molar-refractivity contribution >= 4 is 5.91 Å². The lowest BCUT2D eigenvalue weighted by Crippen LogP contribution is -2.47. The third kappa shape index (κ3) is 3.20. The van der Waals surface area contributed by atoms with Crippen LogP contribution in [0.2, 0.25) is 0 Å². The minimum Gasteiger partial charge on any atom is -0.322 e. The molecule has 1 aromatic carbocycles. The lowest BCUT2D eigenvalue weighted by molar-refractivity contribution is -0.132. The van der Waals surface area contributed by atoms with Gasteiger partial charge in [0.2, 0.25) is 5.91 Å². The van der Waals surface area contributed by atoms with Gasteiger partial charge in [-0.1, -0.05) is 0 Å². The van der Waals surface area contributed by atoms with Crippen molar-refractivity contribution in [3.05, 3.63) is 35.1 Å². The Kier molecular flexibility index (Phi) is 4.66. The summed E-state index contributed by atoms with van der Waals surface area (Å²) in [5.41, 5.74) is 5.38. The molecule has 2 N–H and O–H groups in total. The first-order chi connectivity index (χ1) is 10.3. The highest BCUT2D eigenvalue weighted by molar-refractivity contribution is 5.83. The van der Waals surface area contributed by atoms with Crippen LogP contribution in [-0.4, -0.2) is 35.6 Å². The van der Waals surface area contributed by atoms with E-state index in [0.29, 0.717) is 12.1 Å². The summed E-state index contributed by atoms with van der Waals surface area (Å²) < 4.78 is 52.8. The van der Waals surface area contributed by atoms with Crippen LogP contribution >= 0.6 is 0 Å². The van der Waals surface area contributed by atoms with E-state index < -0.39 is 41.6 Å². The van der Waals surface area contributed by atoms with Crippen molar-refractivity contribution in [2.45, 2.75) is 31.1 Å². The normalized spacial score (nSPS) is 22.5. The summed E-state index contributed by atoms with van der Waals surface area (Å²) in [6.07, 6.45) is -1.80. The number of nitrogens with zero attached hydrogens (tertiary/aromatic N) is 2. The molecular weight excluding hydrogens is 302 g/mol. The summed E-state index contributed by atoms with van der Waals surface area (Å²) >= 11 is 0. The molecule has 1 heterocycles. The predicted octanol–water partition coefficient (Wildman–Crippen LogP) is 1.44. The number of likely N-dealkylation sites (tertiary alicyclic amines) is 1. The van der Waals surface area contributed by atoms with Gasteiger partial charge in [-0.15, -0.1) is 0 Å². The highest BCUT2D eigenvalue weighted by Crippen LogP contribution is 2.22. The van der Waals surface area contributed by atoms with Crippen molar-refractivity contribution < 1.29 is 22.4 Å². The van der Waals surface area contributed by atoms with E-state index in [-0.39, 0.29) is 24.9 Å². The number of alkyl halides is 1. The highest BCUT2D eigenvalue weighted by atomic mass is 19.2. The van der Waals surface area contributed by atoms with Gasteiger partial charge >= 0.3 is 0 Å². The van der Waals surface area contributed by atoms with E-state index >= 15 is 0 Å². The quantitative estimate of drug-likeness (QED) is 0.678. The van der Waals surface area contributed by atoms with Crippen molar-refractivity contribution in [3.63, 3.8) is 0 Å². The number of halogens is 4. The number of carbonyl (C=O) groups is 1. The van der Waals surface area contributed by atoms with Crippen LogP contribution in [0.25, 0.3) is 0 Å². The standard InChI is InChI=1S/C14H13F4N3O/c15-8-3-9(5-19)21(6-8)14(22)13(20)2-7-1-11(17)12(18)4-10(7)16/h1,4,8-9,13H,2-3,6,20H2/t8-,9-,13-/m0/s1. The molecule has 8 heteroatoms. The molecule has 1 aliphatic heterocycles. The lowest BCUT2D eigenvalue weighted by Gasteiger charge is -2.23. The summed E-state index contributed by atoms with van der Waals surface area (Å²) in [7, 11) is 0. The summed E-state index contributed by atoms with van der Waals surface area (Å²) in [6.45, 7) is -0.259. The molecule has 1 aliphatic rings. The van der Waals surface area contributed by atoms with Gasteiger partial charge in [0, 0.05) is 12.5 Å². The number of carbonyl (C=O) groups excluding carboxylic acids is 1. The number of nitrogens with two attached hydrogens (primary N) is 1. The Morgan fingerprint density at radius 3 is 2.64 bits per heavy atom. The fraction of sp³-hybridized carbons (Fsp3) is 0.429. The molecule has 1 fully saturated rings. The van der Waals surface area contributed by atoms with Crippen LogP contribution in [0.5, 0.6) is 0 Å². The van der Waals surface area contributed by atoms with Crippen molar-refractivity contribution in [2.75, 3.05) is 6.54 Å². The van der Waals surface area contributed by atoms with Gasteiger partial charge in [-0.05, 0) is 18.1 Å². The number of hydrogen-bond donors (Lipinski definition) is 1. The molecule has 0 spiro atoms. The van der Waals surface area contributed by atoms with E-state index in [0.717, 1.165) is 4.90 Å². The first-order valence-corrected chi connectivity index (χ1v) is 6.56. The summed E-state index contributed by atoms with van der Waals surface area (Å²) in [4.78, 5) is 13.1. The molecule has 4 nitrogen and oxygen atoms in total. The van der Waals surface area contributed by atoms with Gasteiger partial charge in [0.15, 0.2) is 11.6 Å². The van der Waals surface area contributed by atoms with Crippen LogP contribution in [0.4, 0.5) is 17.6 Å². The van der Waals surface area contributed by atoms with Crippen LogP contribution in [0.15, 0.2) is 12.1 Å². The molecule has 1 saturated heterocycles. The van der Waals surface area contributed by atoms with Crippen molar-refractivity contribution in [1.29, 1.82) is 5.26 Å². The summed E-state index contributed by atoms with van der Waals surface area (Å²) in [5.74, 6) is -4.35. The topological polar surface area (TPSA) is 70.1 Å². The zero-order valence-electron chi connectivity index (χ0n) is 11.4. The van der Waals surface area contributed by atoms with Crippen molar-refractivity contribution in [2.24, 2.45) is 5.73 Å². The molecule has 0 unspecified atom stereocenters. The van der Waals surface area contributed by atoms with E-state index in [4.69, 9.17) is 11.0 Å². The molecule has 0 aliphatic carbocycles. The summed E-state index contributed by atoms with van der Waals surface area (Å²) in [6, 6.07) is 0.588. The Labute approximate surface area is 124 Å². The van der Waals surface area contributed by atoms with Gasteiger partial charge in [0.25, 0.3) is 0 Å². The highest BCUT2D eigenvalue weighted by Gasteiger charge is 2.37. The Bertz CT molecular complexity index is 631. The molecule has 118 valence electrons. The zero-order valence-corrected chi connectivity index (χ0v) is 11.4. The molecule has 0 aromatic heterocycles. The van der Waals surface area contributed by atoms with Gasteiger partial charge < -0.3 is 10.6 Å². The first-order valence-electron chi connectivity index (χ1n) is 6.56. The third-order valence-corrected chi connectivity index (χ3v) is 3.53. The Balaban J connectivity index is 2.12. The van der Waals surface area contributed by atoms with E-state index in [1.807, 2.05) is 0 Å². The molecule has 0 saturated carbocycles. The van der Waals surface area contributed by atoms with Crippen LogP contribution in [0, 0.1) is 28.8 Å². The van der Waals surface area contributed by atoms with E-state index in [2.05, 4.69) is 0 Å². The number of nitriles is 1. The molecule has 0 bridgehead atoms. The molecule has 2 rings (SSSR count). The predicted molar refractivity (Wildman–Crippen MR) is 68.6 cm³/mol. The smallest absolute Gasteiger partial charge is 0.241 e. The van der Waals surface area contributed by atoms with Gasteiger partial charge in [0.05, 0.1) is 18.7 Å². The van der Waals surface area contributed by atoms with Crippen LogP contribution in [0.3, 0.4) is 0 Å². The second-order valence-electron chi connectivity index (χ2n) is 5.14. The lowest BCUT2D eigenvalue weighted by atomic mass is 10.0. The zero-order chi connectivity index (χ0) is 16.4. The first kappa shape index (κ1) is 16.2. The second kappa shape index (κ2) is 6.32. The van der Waals surface area contributed by atoms with E-state index in [9.17, 15) is 22.4 Å². The Morgan fingerprint density at radius 2 is 2.00 bits per heavy atom. The number of amides is 1. The fourth-order valence-electron chi connectivity index (χ4n) is 2.41. The van der Waals surface area contributed by atoms with Gasteiger partial charge in [-0.2, -0.15) is 5.26 Å². The largest absolute Gasteiger partial charge is 0.322 e. The Morgan fingerprint density at radius 1 is 1.36 bits per heavy atom. The average molecular weight is 315 g/mol. The van der Waals surface area contributed by atoms with Gasteiger partial charge in [0.1, 0.15) is 18.0 Å². The Hall–Kier alpha value is -2.14. The molecule has 1 aromatic rings. The summed E-state index contributed by atoms with van der Waals surface area (Å²) in [5, 5.41) is 8.88. The molecular formula is C14H13F4N3O. The van der Waals surface area contributed by atoms with Gasteiger partial charge in [-0.25, -0.2) is 17.6 Å². The van der Waals surface area contributed by atoms with Crippen molar-refractivity contribution in [3.8, 4) is 6.07 Å². The van der Waals surface area contributed by atoms with Crippen molar-refractivity contribution in [1.82, 2.24) is 4.90 Å². The number of rotatable bonds is 3. The monoisotopic (exact) mass is 315 g/mol. The van der Waals surface area contributed by atoms with E-state index in [1.165, 1.54) is 0 Å². The maximum Gasteiger partial charge on any atom is 0.241 e. The van der Waals surface area contributed by atoms with Crippen LogP contribution in [-0.2, 0) is 11.2 Å². The third-order valence-electron chi connectivity index (χ3n) is 3.53. The molecule has 3 atom stereocenters. The minimum atomic E-state index is -1.34. The molecule has 0 radical (unpaired) electrons. The average Bonchev–Trinajstić information content (AvgIpc) is 2.84. The molecule has 1 amide bonds. The fourth-order valence-corrected chi connectivity index (χ4v) is 2.41. The SMILES string of the molecule is N#C[C@@H]1C[C@H](F)CN1C(=O)[C@@H](N)Cc1cc(F)c(F)cc1F. The van der Waals surface area contributed by atoms with Crippen LogP contribution in [0.1, 0.15) is 12.0 Å². The van der Waals surface area contributed by atoms with Gasteiger partial charge in [-0.3, -0.25) is 4.79 Å². The minimum absolute atomic E-state index is 0.103. The van der Waals surface area contributed by atoms with E-state index in [1.54, 1.807) is 6.07 Å². The maximum absolute atomic E-state index is 13.5. The van der Waals surface area contributed by atoms with Crippen LogP contribution < -0.4 is 5.73 Å². The maximum atomic E-state index is 13.5.